The van der Waals surface area contributed by atoms with Crippen molar-refractivity contribution >= 4 is 0 Å². The third kappa shape index (κ3) is 4.03. The maximum atomic E-state index is 8.85. The highest BCUT2D eigenvalue weighted by Gasteiger charge is 2.15. The molecule has 0 spiro atoms. The molecule has 88 valence electrons. The van der Waals surface area contributed by atoms with E-state index in [1.807, 2.05) is 37.9 Å². The van der Waals surface area contributed by atoms with E-state index in [0.717, 1.165) is 31.8 Å². The van der Waals surface area contributed by atoms with Gasteiger partial charge in [-0.05, 0) is 26.8 Å². The molecule has 1 rings (SSSR count). The molecular formula is C12H20N4. The molecule has 0 unspecified atom stereocenters. The number of nitrogens with zero attached hydrogens (tertiary/aromatic N) is 3. The third-order valence-corrected chi connectivity index (χ3v) is 2.68. The Morgan fingerprint density at radius 3 is 2.81 bits per heavy atom. The van der Waals surface area contributed by atoms with Gasteiger partial charge in [-0.15, -0.1) is 0 Å². The number of imidazole rings is 1. The van der Waals surface area contributed by atoms with Crippen molar-refractivity contribution in [3.8, 4) is 6.07 Å². The minimum atomic E-state index is -0.226. The molecule has 1 aromatic rings. The molecule has 0 aromatic carbocycles. The quantitative estimate of drug-likeness (QED) is 0.739. The van der Waals surface area contributed by atoms with Gasteiger partial charge in [0.05, 0.1) is 11.5 Å². The topological polar surface area (TPSA) is 53.6 Å². The average Bonchev–Trinajstić information content (AvgIpc) is 2.64. The lowest BCUT2D eigenvalue weighted by molar-refractivity contribution is 0.433. The lowest BCUT2D eigenvalue weighted by Gasteiger charge is -2.14. The minimum absolute atomic E-state index is 0.226. The molecular weight excluding hydrogens is 200 g/mol. The van der Waals surface area contributed by atoms with E-state index in [1.165, 1.54) is 0 Å². The maximum absolute atomic E-state index is 8.85. The summed E-state index contributed by atoms with van der Waals surface area (Å²) in [7, 11) is 2.00. The van der Waals surface area contributed by atoms with Gasteiger partial charge in [0.25, 0.3) is 0 Å². The van der Waals surface area contributed by atoms with E-state index in [2.05, 4.69) is 16.4 Å². The van der Waals surface area contributed by atoms with Crippen molar-refractivity contribution in [3.05, 3.63) is 18.2 Å². The first-order valence-electron chi connectivity index (χ1n) is 5.63. The molecule has 4 heteroatoms. The summed E-state index contributed by atoms with van der Waals surface area (Å²) in [5.74, 6) is 1.09. The predicted octanol–water partition coefficient (Wildman–Crippen LogP) is 1.49. The molecule has 0 aliphatic rings. The molecule has 0 saturated heterocycles. The number of rotatable bonds is 6. The lowest BCUT2D eigenvalue weighted by atomic mass is 9.91. The van der Waals surface area contributed by atoms with Gasteiger partial charge in [-0.3, -0.25) is 0 Å². The minimum Gasteiger partial charge on any atom is -0.338 e. The summed E-state index contributed by atoms with van der Waals surface area (Å²) in [6.07, 6.45) is 5.57. The van der Waals surface area contributed by atoms with Gasteiger partial charge >= 0.3 is 0 Å². The molecule has 0 aliphatic carbocycles. The Morgan fingerprint density at radius 1 is 1.50 bits per heavy atom. The highest BCUT2D eigenvalue weighted by Crippen LogP contribution is 2.16. The van der Waals surface area contributed by atoms with Gasteiger partial charge in [-0.1, -0.05) is 0 Å². The first-order chi connectivity index (χ1) is 7.55. The Bertz CT molecular complexity index is 359. The van der Waals surface area contributed by atoms with Crippen molar-refractivity contribution in [1.82, 2.24) is 14.9 Å². The fourth-order valence-corrected chi connectivity index (χ4v) is 1.42. The smallest absolute Gasteiger partial charge is 0.109 e. The summed E-state index contributed by atoms with van der Waals surface area (Å²) >= 11 is 0. The summed E-state index contributed by atoms with van der Waals surface area (Å²) < 4.78 is 2.03. The summed E-state index contributed by atoms with van der Waals surface area (Å²) in [4.78, 5) is 4.25. The molecule has 0 atom stereocenters. The molecule has 1 N–H and O–H groups in total. The number of aryl methyl sites for hydroxylation is 1. The number of hydrogen-bond donors (Lipinski definition) is 1. The van der Waals surface area contributed by atoms with Crippen molar-refractivity contribution in [3.63, 3.8) is 0 Å². The molecule has 0 bridgehead atoms. The van der Waals surface area contributed by atoms with Crippen molar-refractivity contribution in [2.45, 2.75) is 26.7 Å². The highest BCUT2D eigenvalue weighted by molar-refractivity contribution is 4.93. The first kappa shape index (κ1) is 12.7. The van der Waals surface area contributed by atoms with Gasteiger partial charge < -0.3 is 9.88 Å². The monoisotopic (exact) mass is 220 g/mol. The highest BCUT2D eigenvalue weighted by atomic mass is 15.0. The van der Waals surface area contributed by atoms with Crippen LogP contribution < -0.4 is 5.32 Å². The second-order valence-electron chi connectivity index (χ2n) is 4.70. The van der Waals surface area contributed by atoms with E-state index in [-0.39, 0.29) is 5.41 Å². The van der Waals surface area contributed by atoms with Crippen molar-refractivity contribution < 1.29 is 0 Å². The molecule has 0 radical (unpaired) electrons. The van der Waals surface area contributed by atoms with Gasteiger partial charge in [0.2, 0.25) is 0 Å². The molecule has 0 amide bonds. The summed E-state index contributed by atoms with van der Waals surface area (Å²) in [6.45, 7) is 5.72. The molecule has 0 fully saturated rings. The Morgan fingerprint density at radius 2 is 2.25 bits per heavy atom. The van der Waals surface area contributed by atoms with Crippen LogP contribution in [-0.2, 0) is 13.5 Å². The van der Waals surface area contributed by atoms with Crippen LogP contribution in [0.2, 0.25) is 0 Å². The van der Waals surface area contributed by atoms with E-state index in [0.29, 0.717) is 0 Å². The van der Waals surface area contributed by atoms with Crippen molar-refractivity contribution in [2.24, 2.45) is 12.5 Å². The fourth-order valence-electron chi connectivity index (χ4n) is 1.42. The van der Waals surface area contributed by atoms with E-state index >= 15 is 0 Å². The van der Waals surface area contributed by atoms with E-state index in [4.69, 9.17) is 5.26 Å². The van der Waals surface area contributed by atoms with E-state index in [1.54, 1.807) is 0 Å². The van der Waals surface area contributed by atoms with E-state index in [9.17, 15) is 0 Å². The number of nitrogens with one attached hydrogen (secondary N) is 1. The predicted molar refractivity (Wildman–Crippen MR) is 63.8 cm³/mol. The van der Waals surface area contributed by atoms with Crippen LogP contribution in [0.15, 0.2) is 12.4 Å². The van der Waals surface area contributed by atoms with Crippen LogP contribution in [-0.4, -0.2) is 22.6 Å². The Balaban J connectivity index is 2.14. The van der Waals surface area contributed by atoms with Crippen LogP contribution in [0, 0.1) is 16.7 Å². The maximum Gasteiger partial charge on any atom is 0.109 e. The Kier molecular flexibility index (Phi) is 4.51. The fraction of sp³-hybridized carbons (Fsp3) is 0.667. The van der Waals surface area contributed by atoms with Gasteiger partial charge in [0, 0.05) is 32.4 Å². The van der Waals surface area contributed by atoms with E-state index < -0.39 is 0 Å². The zero-order chi connectivity index (χ0) is 12.0. The van der Waals surface area contributed by atoms with Crippen LogP contribution in [0.5, 0.6) is 0 Å². The van der Waals surface area contributed by atoms with Gasteiger partial charge in [0.1, 0.15) is 5.82 Å². The summed E-state index contributed by atoms with van der Waals surface area (Å²) in [6, 6.07) is 2.30. The zero-order valence-corrected chi connectivity index (χ0v) is 10.3. The van der Waals surface area contributed by atoms with Gasteiger partial charge in [-0.25, -0.2) is 4.98 Å². The largest absolute Gasteiger partial charge is 0.338 e. The molecule has 1 heterocycles. The zero-order valence-electron chi connectivity index (χ0n) is 10.3. The number of hydrogen-bond acceptors (Lipinski definition) is 3. The van der Waals surface area contributed by atoms with Gasteiger partial charge in [-0.2, -0.15) is 5.26 Å². The van der Waals surface area contributed by atoms with Crippen molar-refractivity contribution in [1.29, 1.82) is 5.26 Å². The van der Waals surface area contributed by atoms with Crippen LogP contribution >= 0.6 is 0 Å². The van der Waals surface area contributed by atoms with Crippen LogP contribution in [0.25, 0.3) is 0 Å². The third-order valence-electron chi connectivity index (χ3n) is 2.68. The molecule has 1 aromatic heterocycles. The van der Waals surface area contributed by atoms with Crippen LogP contribution in [0.1, 0.15) is 26.1 Å². The molecule has 0 saturated carbocycles. The average molecular weight is 220 g/mol. The number of aromatic nitrogens is 2. The molecule has 0 aliphatic heterocycles. The summed E-state index contributed by atoms with van der Waals surface area (Å²) in [5.41, 5.74) is -0.226. The van der Waals surface area contributed by atoms with Crippen molar-refractivity contribution in [2.75, 3.05) is 13.1 Å². The SMILES string of the molecule is Cn1ccnc1CCNCCC(C)(C)C#N. The summed E-state index contributed by atoms with van der Waals surface area (Å²) in [5, 5.41) is 12.2. The van der Waals surface area contributed by atoms with Crippen LogP contribution in [0.4, 0.5) is 0 Å². The second kappa shape index (κ2) is 5.66. The number of nitriles is 1. The Hall–Kier alpha value is -1.34. The van der Waals surface area contributed by atoms with Crippen LogP contribution in [0.3, 0.4) is 0 Å². The standard InChI is InChI=1S/C12H20N4/c1-12(2,10-13)5-7-14-6-4-11-15-8-9-16(11)3/h8-9,14H,4-7H2,1-3H3. The normalized spacial score (nSPS) is 11.4. The second-order valence-corrected chi connectivity index (χ2v) is 4.70. The molecule has 4 nitrogen and oxygen atoms in total. The molecule has 16 heavy (non-hydrogen) atoms. The Labute approximate surface area is 97.3 Å². The van der Waals surface area contributed by atoms with Gasteiger partial charge in [0.15, 0.2) is 0 Å². The first-order valence-corrected chi connectivity index (χ1v) is 5.63. The lowest BCUT2D eigenvalue weighted by Crippen LogP contribution is -2.24.